The van der Waals surface area contributed by atoms with Gasteiger partial charge in [-0.25, -0.2) is 4.68 Å². The van der Waals surface area contributed by atoms with Gasteiger partial charge in [0.2, 0.25) is 0 Å². The zero-order valence-electron chi connectivity index (χ0n) is 13.7. The predicted molar refractivity (Wildman–Crippen MR) is 94.5 cm³/mol. The molecule has 128 valence electrons. The Hall–Kier alpha value is -2.54. The number of halogens is 1. The quantitative estimate of drug-likeness (QED) is 0.613. The van der Waals surface area contributed by atoms with Crippen molar-refractivity contribution in [3.05, 3.63) is 45.3 Å². The van der Waals surface area contributed by atoms with Crippen LogP contribution >= 0.6 is 11.6 Å². The van der Waals surface area contributed by atoms with E-state index < -0.39 is 5.56 Å². The SMILES string of the molecule is CCOc1ccc(/C=N\Nc2cnn(C)c(=O)c2Cl)c(OCC)c1. The maximum atomic E-state index is 11.7. The van der Waals surface area contributed by atoms with Gasteiger partial charge in [-0.05, 0) is 26.0 Å². The van der Waals surface area contributed by atoms with Crippen LogP contribution in [0.4, 0.5) is 5.69 Å². The van der Waals surface area contributed by atoms with E-state index in [4.69, 9.17) is 21.1 Å². The molecule has 0 atom stereocenters. The number of hydrogen-bond acceptors (Lipinski definition) is 6. The minimum absolute atomic E-state index is 0.0291. The van der Waals surface area contributed by atoms with Gasteiger partial charge in [-0.3, -0.25) is 10.2 Å². The summed E-state index contributed by atoms with van der Waals surface area (Å²) >= 11 is 5.97. The molecule has 1 aromatic heterocycles. The van der Waals surface area contributed by atoms with Crippen molar-refractivity contribution in [1.82, 2.24) is 9.78 Å². The van der Waals surface area contributed by atoms with E-state index in [0.29, 0.717) is 24.7 Å². The van der Waals surface area contributed by atoms with Crippen molar-refractivity contribution in [2.45, 2.75) is 13.8 Å². The van der Waals surface area contributed by atoms with Gasteiger partial charge in [-0.15, -0.1) is 0 Å². The monoisotopic (exact) mass is 350 g/mol. The largest absolute Gasteiger partial charge is 0.494 e. The number of rotatable bonds is 7. The Morgan fingerprint density at radius 1 is 1.33 bits per heavy atom. The fourth-order valence-electron chi connectivity index (χ4n) is 1.92. The third kappa shape index (κ3) is 4.26. The van der Waals surface area contributed by atoms with Gasteiger partial charge in [-0.2, -0.15) is 10.2 Å². The standard InChI is InChI=1S/C16H19ClN4O3/c1-4-23-12-7-6-11(14(8-12)24-5-2)9-18-20-13-10-19-21(3)16(22)15(13)17/h6-10,20H,4-5H2,1-3H3/b18-9-. The average molecular weight is 351 g/mol. The molecular formula is C16H19ClN4O3. The van der Waals surface area contributed by atoms with Crippen molar-refractivity contribution < 1.29 is 9.47 Å². The lowest BCUT2D eigenvalue weighted by molar-refractivity contribution is 0.323. The molecule has 8 heteroatoms. The molecule has 0 saturated heterocycles. The molecule has 0 aliphatic rings. The lowest BCUT2D eigenvalue weighted by Gasteiger charge is -2.10. The molecule has 1 aromatic carbocycles. The Balaban J connectivity index is 2.19. The van der Waals surface area contributed by atoms with Crippen LogP contribution in [0.3, 0.4) is 0 Å². The highest BCUT2D eigenvalue weighted by Gasteiger charge is 2.07. The van der Waals surface area contributed by atoms with E-state index in [1.807, 2.05) is 26.0 Å². The number of ether oxygens (including phenoxy) is 2. The predicted octanol–water partition coefficient (Wildman–Crippen LogP) is 2.68. The molecule has 0 bridgehead atoms. The normalized spacial score (nSPS) is 10.8. The van der Waals surface area contributed by atoms with E-state index in [9.17, 15) is 4.79 Å². The third-order valence-corrected chi connectivity index (χ3v) is 3.43. The summed E-state index contributed by atoms with van der Waals surface area (Å²) in [7, 11) is 1.52. The van der Waals surface area contributed by atoms with E-state index >= 15 is 0 Å². The van der Waals surface area contributed by atoms with Crippen LogP contribution in [0.15, 0.2) is 34.3 Å². The van der Waals surface area contributed by atoms with Gasteiger partial charge in [0.15, 0.2) is 0 Å². The first-order valence-electron chi connectivity index (χ1n) is 7.47. The molecular weight excluding hydrogens is 332 g/mol. The fraction of sp³-hybridized carbons (Fsp3) is 0.312. The van der Waals surface area contributed by atoms with Gasteiger partial charge in [0.25, 0.3) is 5.56 Å². The lowest BCUT2D eigenvalue weighted by atomic mass is 10.2. The van der Waals surface area contributed by atoms with Gasteiger partial charge < -0.3 is 9.47 Å². The van der Waals surface area contributed by atoms with Gasteiger partial charge in [0.1, 0.15) is 22.2 Å². The number of benzene rings is 1. The molecule has 1 N–H and O–H groups in total. The number of hydrazone groups is 1. The minimum Gasteiger partial charge on any atom is -0.494 e. The van der Waals surface area contributed by atoms with E-state index in [2.05, 4.69) is 15.6 Å². The number of nitrogens with one attached hydrogen (secondary N) is 1. The Bertz CT molecular complexity index is 789. The molecule has 0 saturated carbocycles. The molecule has 0 aliphatic heterocycles. The summed E-state index contributed by atoms with van der Waals surface area (Å²) < 4.78 is 12.2. The van der Waals surface area contributed by atoms with Crippen molar-refractivity contribution >= 4 is 23.5 Å². The van der Waals surface area contributed by atoms with Gasteiger partial charge >= 0.3 is 0 Å². The third-order valence-electron chi connectivity index (χ3n) is 3.06. The number of anilines is 1. The molecule has 0 radical (unpaired) electrons. The summed E-state index contributed by atoms with van der Waals surface area (Å²) in [4.78, 5) is 11.7. The first-order chi connectivity index (χ1) is 11.6. The van der Waals surface area contributed by atoms with Crippen LogP contribution in [0.1, 0.15) is 19.4 Å². The molecule has 0 aliphatic carbocycles. The Morgan fingerprint density at radius 3 is 2.79 bits per heavy atom. The Kier molecular flexibility index (Phi) is 6.20. The van der Waals surface area contributed by atoms with Gasteiger partial charge in [0, 0.05) is 18.7 Å². The highest BCUT2D eigenvalue weighted by Crippen LogP contribution is 2.24. The van der Waals surface area contributed by atoms with Crippen LogP contribution in [-0.2, 0) is 7.05 Å². The second kappa shape index (κ2) is 8.35. The summed E-state index contributed by atoms with van der Waals surface area (Å²) in [5.41, 5.74) is 3.42. The van der Waals surface area contributed by atoms with Crippen LogP contribution < -0.4 is 20.5 Å². The first-order valence-corrected chi connectivity index (χ1v) is 7.85. The zero-order chi connectivity index (χ0) is 17.5. The number of aryl methyl sites for hydroxylation is 1. The minimum atomic E-state index is -0.395. The smallest absolute Gasteiger partial charge is 0.287 e. The summed E-state index contributed by atoms with van der Waals surface area (Å²) in [6.45, 7) is 4.92. The molecule has 0 unspecified atom stereocenters. The number of hydrogen-bond donors (Lipinski definition) is 1. The molecule has 1 heterocycles. The number of aromatic nitrogens is 2. The van der Waals surface area contributed by atoms with E-state index in [-0.39, 0.29) is 5.02 Å². The Labute approximate surface area is 144 Å². The second-order valence-electron chi connectivity index (χ2n) is 4.74. The highest BCUT2D eigenvalue weighted by molar-refractivity contribution is 6.32. The molecule has 24 heavy (non-hydrogen) atoms. The summed E-state index contributed by atoms with van der Waals surface area (Å²) in [6.07, 6.45) is 3.01. The summed E-state index contributed by atoms with van der Waals surface area (Å²) in [6, 6.07) is 5.48. The maximum absolute atomic E-state index is 11.7. The van der Waals surface area contributed by atoms with Crippen molar-refractivity contribution in [3.63, 3.8) is 0 Å². The molecule has 2 rings (SSSR count). The maximum Gasteiger partial charge on any atom is 0.287 e. The van der Waals surface area contributed by atoms with Crippen LogP contribution in [-0.4, -0.2) is 29.2 Å². The van der Waals surface area contributed by atoms with Crippen molar-refractivity contribution in [3.8, 4) is 11.5 Å². The number of nitrogens with zero attached hydrogens (tertiary/aromatic N) is 3. The summed E-state index contributed by atoms with van der Waals surface area (Å²) in [5.74, 6) is 1.38. The van der Waals surface area contributed by atoms with Gasteiger partial charge in [0.05, 0.1) is 25.6 Å². The van der Waals surface area contributed by atoms with Crippen molar-refractivity contribution in [2.24, 2.45) is 12.1 Å². The van der Waals surface area contributed by atoms with E-state index in [1.165, 1.54) is 13.2 Å². The molecule has 0 spiro atoms. The topological polar surface area (TPSA) is 77.7 Å². The second-order valence-corrected chi connectivity index (χ2v) is 5.11. The summed E-state index contributed by atoms with van der Waals surface area (Å²) in [5, 5.41) is 8.01. The molecule has 0 fully saturated rings. The van der Waals surface area contributed by atoms with E-state index in [0.717, 1.165) is 16.0 Å². The molecule has 2 aromatic rings. The fourth-order valence-corrected chi connectivity index (χ4v) is 2.13. The highest BCUT2D eigenvalue weighted by atomic mass is 35.5. The molecule has 7 nitrogen and oxygen atoms in total. The first kappa shape index (κ1) is 17.8. The van der Waals surface area contributed by atoms with Crippen molar-refractivity contribution in [1.29, 1.82) is 0 Å². The van der Waals surface area contributed by atoms with Crippen molar-refractivity contribution in [2.75, 3.05) is 18.6 Å². The van der Waals surface area contributed by atoms with Crippen LogP contribution in [0.2, 0.25) is 5.02 Å². The molecule has 0 amide bonds. The van der Waals surface area contributed by atoms with Crippen LogP contribution in [0.5, 0.6) is 11.5 Å². The van der Waals surface area contributed by atoms with E-state index in [1.54, 1.807) is 12.3 Å². The zero-order valence-corrected chi connectivity index (χ0v) is 14.5. The van der Waals surface area contributed by atoms with Crippen LogP contribution in [0.25, 0.3) is 0 Å². The average Bonchev–Trinajstić information content (AvgIpc) is 2.57. The Morgan fingerprint density at radius 2 is 2.08 bits per heavy atom. The lowest BCUT2D eigenvalue weighted by Crippen LogP contribution is -2.20. The van der Waals surface area contributed by atoms with Gasteiger partial charge in [-0.1, -0.05) is 11.6 Å². The van der Waals surface area contributed by atoms with Crippen LogP contribution in [0, 0.1) is 0 Å².